The molecule has 3 aromatic rings. The quantitative estimate of drug-likeness (QED) is 0.672. The SMILES string of the molecule is Cc1noc(CSc2ccc(-c3nc(C4(N)CCC4)no3)cc2)n1.Cl. The van der Waals surface area contributed by atoms with Crippen LogP contribution in [0, 0.1) is 6.92 Å². The van der Waals surface area contributed by atoms with Gasteiger partial charge in [0, 0.05) is 10.5 Å². The second-order valence-electron chi connectivity index (χ2n) is 5.98. The van der Waals surface area contributed by atoms with Gasteiger partial charge in [-0.05, 0) is 50.5 Å². The lowest BCUT2D eigenvalue weighted by molar-refractivity contribution is 0.229. The first-order valence-electron chi connectivity index (χ1n) is 7.78. The lowest BCUT2D eigenvalue weighted by Gasteiger charge is -2.34. The van der Waals surface area contributed by atoms with Gasteiger partial charge in [0.1, 0.15) is 0 Å². The minimum atomic E-state index is -0.403. The third-order valence-corrected chi connectivity index (χ3v) is 5.15. The number of nitrogens with zero attached hydrogens (tertiary/aromatic N) is 4. The fraction of sp³-hybridized carbons (Fsp3) is 0.375. The smallest absolute Gasteiger partial charge is 0.257 e. The average molecular weight is 380 g/mol. The van der Waals surface area contributed by atoms with Crippen molar-refractivity contribution in [3.05, 3.63) is 41.8 Å². The standard InChI is InChI=1S/C16H17N5O2S.ClH/c1-10-18-13(22-20-10)9-24-12-5-3-11(4-6-12)14-19-15(21-23-14)16(17)7-2-8-16;/h3-6H,2,7-9,17H2,1H3;1H. The molecule has 2 N–H and O–H groups in total. The van der Waals surface area contributed by atoms with Crippen LogP contribution in [0.5, 0.6) is 0 Å². The van der Waals surface area contributed by atoms with Gasteiger partial charge in [-0.3, -0.25) is 0 Å². The highest BCUT2D eigenvalue weighted by Gasteiger charge is 2.39. The molecule has 2 heterocycles. The third kappa shape index (κ3) is 3.70. The Balaban J connectivity index is 0.00000182. The van der Waals surface area contributed by atoms with Crippen LogP contribution in [0.15, 0.2) is 38.2 Å². The van der Waals surface area contributed by atoms with Crippen LogP contribution >= 0.6 is 24.2 Å². The molecular formula is C16H18ClN5O2S. The average Bonchev–Trinajstić information content (AvgIpc) is 3.20. The number of hydrogen-bond donors (Lipinski definition) is 1. The van der Waals surface area contributed by atoms with Crippen LogP contribution in [0.3, 0.4) is 0 Å². The first kappa shape index (κ1) is 17.9. The Kier molecular flexibility index (Phi) is 5.12. The van der Waals surface area contributed by atoms with E-state index in [9.17, 15) is 0 Å². The Morgan fingerprint density at radius 2 is 1.88 bits per heavy atom. The summed E-state index contributed by atoms with van der Waals surface area (Å²) >= 11 is 1.63. The van der Waals surface area contributed by atoms with E-state index < -0.39 is 5.54 Å². The minimum Gasteiger partial charge on any atom is -0.338 e. The van der Waals surface area contributed by atoms with E-state index in [1.165, 1.54) is 0 Å². The van der Waals surface area contributed by atoms with Crippen molar-refractivity contribution < 1.29 is 9.05 Å². The molecule has 132 valence electrons. The van der Waals surface area contributed by atoms with Crippen molar-refractivity contribution in [1.29, 1.82) is 0 Å². The highest BCUT2D eigenvalue weighted by atomic mass is 35.5. The number of aryl methyl sites for hydroxylation is 1. The molecule has 2 aromatic heterocycles. The van der Waals surface area contributed by atoms with Crippen LogP contribution in [0.1, 0.15) is 36.8 Å². The van der Waals surface area contributed by atoms with Gasteiger partial charge in [0.25, 0.3) is 5.89 Å². The molecule has 0 aliphatic heterocycles. The number of aromatic nitrogens is 4. The van der Waals surface area contributed by atoms with Gasteiger partial charge in [-0.25, -0.2) is 0 Å². The summed E-state index contributed by atoms with van der Waals surface area (Å²) < 4.78 is 10.5. The fourth-order valence-corrected chi connectivity index (χ4v) is 3.30. The minimum absolute atomic E-state index is 0. The summed E-state index contributed by atoms with van der Waals surface area (Å²) in [6.07, 6.45) is 2.94. The molecule has 0 spiro atoms. The molecular weight excluding hydrogens is 362 g/mol. The first-order chi connectivity index (χ1) is 11.6. The van der Waals surface area contributed by atoms with Gasteiger partial charge in [0.15, 0.2) is 11.6 Å². The van der Waals surface area contributed by atoms with E-state index in [2.05, 4.69) is 20.3 Å². The summed E-state index contributed by atoms with van der Waals surface area (Å²) in [6.45, 7) is 1.81. The molecule has 1 saturated carbocycles. The number of benzene rings is 1. The highest BCUT2D eigenvalue weighted by molar-refractivity contribution is 7.98. The number of hydrogen-bond acceptors (Lipinski definition) is 8. The second kappa shape index (κ2) is 7.15. The molecule has 0 saturated heterocycles. The summed E-state index contributed by atoms with van der Waals surface area (Å²) in [5.74, 6) is 3.02. The Morgan fingerprint density at radius 3 is 2.48 bits per heavy atom. The summed E-state index contributed by atoms with van der Waals surface area (Å²) in [4.78, 5) is 9.74. The number of nitrogens with two attached hydrogens (primary N) is 1. The Bertz CT molecular complexity index is 844. The van der Waals surface area contributed by atoms with E-state index in [0.717, 1.165) is 29.7 Å². The van der Waals surface area contributed by atoms with E-state index in [-0.39, 0.29) is 12.4 Å². The van der Waals surface area contributed by atoms with Crippen molar-refractivity contribution in [1.82, 2.24) is 20.3 Å². The normalized spacial score (nSPS) is 15.4. The molecule has 25 heavy (non-hydrogen) atoms. The summed E-state index contributed by atoms with van der Waals surface area (Å²) in [6, 6.07) is 7.94. The largest absolute Gasteiger partial charge is 0.338 e. The molecule has 0 atom stereocenters. The highest BCUT2D eigenvalue weighted by Crippen LogP contribution is 2.37. The molecule has 0 bridgehead atoms. The van der Waals surface area contributed by atoms with Crippen LogP contribution in [0.2, 0.25) is 0 Å². The molecule has 4 rings (SSSR count). The zero-order valence-electron chi connectivity index (χ0n) is 13.6. The van der Waals surface area contributed by atoms with Crippen LogP contribution in [-0.4, -0.2) is 20.3 Å². The maximum absolute atomic E-state index is 6.23. The first-order valence-corrected chi connectivity index (χ1v) is 8.76. The maximum atomic E-state index is 6.23. The van der Waals surface area contributed by atoms with E-state index in [0.29, 0.717) is 29.2 Å². The van der Waals surface area contributed by atoms with Gasteiger partial charge >= 0.3 is 0 Å². The van der Waals surface area contributed by atoms with Gasteiger partial charge < -0.3 is 14.8 Å². The number of rotatable bonds is 5. The molecule has 9 heteroatoms. The molecule has 1 aromatic carbocycles. The van der Waals surface area contributed by atoms with Gasteiger partial charge in [-0.15, -0.1) is 24.2 Å². The van der Waals surface area contributed by atoms with E-state index in [4.69, 9.17) is 14.8 Å². The van der Waals surface area contributed by atoms with Crippen LogP contribution in [-0.2, 0) is 11.3 Å². The third-order valence-electron chi connectivity index (χ3n) is 4.15. The molecule has 7 nitrogen and oxygen atoms in total. The molecule has 1 aliphatic rings. The monoisotopic (exact) mass is 379 g/mol. The van der Waals surface area contributed by atoms with Crippen molar-refractivity contribution in [2.75, 3.05) is 0 Å². The predicted octanol–water partition coefficient (Wildman–Crippen LogP) is 3.48. The molecule has 0 radical (unpaired) electrons. The van der Waals surface area contributed by atoms with Crippen LogP contribution in [0.4, 0.5) is 0 Å². The number of halogens is 1. The zero-order chi connectivity index (χ0) is 16.6. The molecule has 0 amide bonds. The van der Waals surface area contributed by atoms with Gasteiger partial charge in [-0.2, -0.15) is 9.97 Å². The van der Waals surface area contributed by atoms with Gasteiger partial charge in [-0.1, -0.05) is 10.3 Å². The predicted molar refractivity (Wildman–Crippen MR) is 95.3 cm³/mol. The van der Waals surface area contributed by atoms with Crippen molar-refractivity contribution in [2.24, 2.45) is 5.73 Å². The van der Waals surface area contributed by atoms with Crippen molar-refractivity contribution in [2.45, 2.75) is 42.4 Å². The molecule has 1 fully saturated rings. The van der Waals surface area contributed by atoms with E-state index in [1.807, 2.05) is 24.3 Å². The van der Waals surface area contributed by atoms with Crippen LogP contribution in [0.25, 0.3) is 11.5 Å². The summed E-state index contributed by atoms with van der Waals surface area (Å²) in [5.41, 5.74) is 6.71. The van der Waals surface area contributed by atoms with Crippen molar-refractivity contribution >= 4 is 24.2 Å². The fourth-order valence-electron chi connectivity index (χ4n) is 2.56. The molecule has 0 unspecified atom stereocenters. The topological polar surface area (TPSA) is 104 Å². The summed E-state index contributed by atoms with van der Waals surface area (Å²) in [7, 11) is 0. The Morgan fingerprint density at radius 1 is 1.12 bits per heavy atom. The molecule has 1 aliphatic carbocycles. The van der Waals surface area contributed by atoms with E-state index >= 15 is 0 Å². The van der Waals surface area contributed by atoms with Crippen molar-refractivity contribution in [3.63, 3.8) is 0 Å². The zero-order valence-corrected chi connectivity index (χ0v) is 15.3. The van der Waals surface area contributed by atoms with Crippen molar-refractivity contribution in [3.8, 4) is 11.5 Å². The Hall–Kier alpha value is -1.90. The van der Waals surface area contributed by atoms with Gasteiger partial charge in [0.2, 0.25) is 5.89 Å². The lowest BCUT2D eigenvalue weighted by Crippen LogP contribution is -2.44. The van der Waals surface area contributed by atoms with Crippen LogP contribution < -0.4 is 5.73 Å². The lowest BCUT2D eigenvalue weighted by atomic mass is 9.77. The number of thioether (sulfide) groups is 1. The Labute approximate surface area is 155 Å². The summed E-state index contributed by atoms with van der Waals surface area (Å²) in [5, 5.41) is 7.82. The maximum Gasteiger partial charge on any atom is 0.257 e. The van der Waals surface area contributed by atoms with Gasteiger partial charge in [0.05, 0.1) is 11.3 Å². The van der Waals surface area contributed by atoms with E-state index in [1.54, 1.807) is 18.7 Å². The second-order valence-corrected chi connectivity index (χ2v) is 7.03.